The first-order valence-electron chi connectivity index (χ1n) is 5.08. The molecule has 0 bridgehead atoms. The second-order valence-electron chi connectivity index (χ2n) is 4.01. The van der Waals surface area contributed by atoms with Crippen LogP contribution in [0.3, 0.4) is 0 Å². The molecule has 2 N–H and O–H groups in total. The van der Waals surface area contributed by atoms with Crippen molar-refractivity contribution in [3.05, 3.63) is 29.8 Å². The van der Waals surface area contributed by atoms with Crippen LogP contribution in [0.4, 0.5) is 11.6 Å². The Bertz CT molecular complexity index is 503. The van der Waals surface area contributed by atoms with Crippen molar-refractivity contribution in [2.75, 3.05) is 24.7 Å². The fourth-order valence-corrected chi connectivity index (χ4v) is 1.68. The van der Waals surface area contributed by atoms with Gasteiger partial charge in [0.25, 0.3) is 0 Å². The second kappa shape index (κ2) is 3.89. The molecule has 0 spiro atoms. The average Bonchev–Trinajstić information content (AvgIpc) is 2.65. The van der Waals surface area contributed by atoms with Crippen molar-refractivity contribution in [1.82, 2.24) is 5.16 Å². The quantitative estimate of drug-likeness (QED) is 0.838. The number of anilines is 2. The first kappa shape index (κ1) is 10.5. The van der Waals surface area contributed by atoms with Crippen molar-refractivity contribution in [1.29, 1.82) is 0 Å². The van der Waals surface area contributed by atoms with E-state index >= 15 is 0 Å². The summed E-state index contributed by atoms with van der Waals surface area (Å²) in [4.78, 5) is 2.07. The Morgan fingerprint density at radius 1 is 1.25 bits per heavy atom. The molecule has 0 aliphatic heterocycles. The van der Waals surface area contributed by atoms with Gasteiger partial charge in [-0.1, -0.05) is 17.3 Å². The second-order valence-corrected chi connectivity index (χ2v) is 4.01. The molecule has 0 fully saturated rings. The molecular formula is C12H15N3O. The van der Waals surface area contributed by atoms with E-state index in [0.717, 1.165) is 11.3 Å². The molecule has 0 unspecified atom stereocenters. The van der Waals surface area contributed by atoms with Crippen LogP contribution in [0.25, 0.3) is 11.3 Å². The highest BCUT2D eigenvalue weighted by Gasteiger charge is 2.07. The number of aromatic nitrogens is 1. The summed E-state index contributed by atoms with van der Waals surface area (Å²) in [6.07, 6.45) is 0. The van der Waals surface area contributed by atoms with Crippen LogP contribution in [-0.4, -0.2) is 19.3 Å². The fourth-order valence-electron chi connectivity index (χ4n) is 1.68. The van der Waals surface area contributed by atoms with Gasteiger partial charge < -0.3 is 15.2 Å². The van der Waals surface area contributed by atoms with E-state index in [2.05, 4.69) is 29.1 Å². The van der Waals surface area contributed by atoms with Crippen LogP contribution in [0.15, 0.2) is 28.8 Å². The number of hydrogen-bond donors (Lipinski definition) is 1. The summed E-state index contributed by atoms with van der Waals surface area (Å²) >= 11 is 0. The molecule has 1 aromatic heterocycles. The van der Waals surface area contributed by atoms with E-state index in [1.807, 2.05) is 20.2 Å². The van der Waals surface area contributed by atoms with Crippen LogP contribution in [0.5, 0.6) is 0 Å². The van der Waals surface area contributed by atoms with Crippen molar-refractivity contribution in [3.63, 3.8) is 0 Å². The number of nitrogens with two attached hydrogens (primary N) is 1. The topological polar surface area (TPSA) is 55.3 Å². The Balaban J connectivity index is 2.47. The molecule has 0 amide bonds. The summed E-state index contributed by atoms with van der Waals surface area (Å²) in [5, 5.41) is 3.90. The molecule has 0 radical (unpaired) electrons. The van der Waals surface area contributed by atoms with Crippen LogP contribution < -0.4 is 10.6 Å². The minimum absolute atomic E-state index is 0.335. The van der Waals surface area contributed by atoms with Gasteiger partial charge in [0.15, 0.2) is 0 Å². The van der Waals surface area contributed by atoms with E-state index in [0.29, 0.717) is 5.88 Å². The van der Waals surface area contributed by atoms with Gasteiger partial charge in [0.1, 0.15) is 5.69 Å². The number of benzene rings is 1. The summed E-state index contributed by atoms with van der Waals surface area (Å²) in [5.74, 6) is 0.335. The Morgan fingerprint density at radius 3 is 2.56 bits per heavy atom. The van der Waals surface area contributed by atoms with Gasteiger partial charge in [-0.25, -0.2) is 0 Å². The van der Waals surface area contributed by atoms with E-state index < -0.39 is 0 Å². The maximum absolute atomic E-state index is 5.50. The van der Waals surface area contributed by atoms with Crippen LogP contribution in [0.2, 0.25) is 0 Å². The van der Waals surface area contributed by atoms with Gasteiger partial charge in [-0.15, -0.1) is 0 Å². The molecule has 2 rings (SSSR count). The van der Waals surface area contributed by atoms with Crippen LogP contribution in [0, 0.1) is 6.92 Å². The van der Waals surface area contributed by atoms with Gasteiger partial charge in [-0.05, 0) is 18.6 Å². The smallest absolute Gasteiger partial charge is 0.222 e. The summed E-state index contributed by atoms with van der Waals surface area (Å²) in [5.41, 5.74) is 9.67. The lowest BCUT2D eigenvalue weighted by molar-refractivity contribution is 0.439. The van der Waals surface area contributed by atoms with E-state index in [-0.39, 0.29) is 0 Å². The largest absolute Gasteiger partial charge is 0.377 e. The van der Waals surface area contributed by atoms with Gasteiger partial charge in [0, 0.05) is 31.4 Å². The summed E-state index contributed by atoms with van der Waals surface area (Å²) in [6.45, 7) is 2.08. The van der Waals surface area contributed by atoms with E-state index in [4.69, 9.17) is 10.3 Å². The highest BCUT2D eigenvalue weighted by atomic mass is 16.5. The van der Waals surface area contributed by atoms with E-state index in [1.165, 1.54) is 11.3 Å². The number of rotatable bonds is 2. The van der Waals surface area contributed by atoms with Crippen molar-refractivity contribution >= 4 is 11.6 Å². The molecule has 16 heavy (non-hydrogen) atoms. The van der Waals surface area contributed by atoms with Crippen molar-refractivity contribution < 1.29 is 4.52 Å². The molecule has 84 valence electrons. The number of nitrogen functional groups attached to an aromatic ring is 1. The minimum atomic E-state index is 0.335. The standard InChI is InChI=1S/C12H15N3O/c1-8-4-5-9(6-11(8)15(2)3)10-7-12(13)16-14-10/h4-7H,13H2,1-3H3. The Hall–Kier alpha value is -1.97. The zero-order valence-electron chi connectivity index (χ0n) is 9.69. The fraction of sp³-hybridized carbons (Fsp3) is 0.250. The molecule has 0 aliphatic carbocycles. The molecule has 1 aromatic carbocycles. The first-order valence-corrected chi connectivity index (χ1v) is 5.08. The summed E-state index contributed by atoms with van der Waals surface area (Å²) in [7, 11) is 4.03. The molecule has 4 heteroatoms. The van der Waals surface area contributed by atoms with Gasteiger partial charge in [0.05, 0.1) is 0 Å². The lowest BCUT2D eigenvalue weighted by atomic mass is 10.1. The summed E-state index contributed by atoms with van der Waals surface area (Å²) < 4.78 is 4.86. The normalized spacial score (nSPS) is 10.4. The average molecular weight is 217 g/mol. The third-order valence-electron chi connectivity index (χ3n) is 2.52. The molecular weight excluding hydrogens is 202 g/mol. The van der Waals surface area contributed by atoms with Crippen LogP contribution in [0.1, 0.15) is 5.56 Å². The molecule has 0 saturated heterocycles. The summed E-state index contributed by atoms with van der Waals surface area (Å²) in [6, 6.07) is 7.88. The molecule has 0 aliphatic rings. The monoisotopic (exact) mass is 217 g/mol. The predicted octanol–water partition coefficient (Wildman–Crippen LogP) is 2.30. The van der Waals surface area contributed by atoms with Crippen LogP contribution in [-0.2, 0) is 0 Å². The number of nitrogens with zero attached hydrogens (tertiary/aromatic N) is 2. The highest BCUT2D eigenvalue weighted by Crippen LogP contribution is 2.26. The van der Waals surface area contributed by atoms with Gasteiger partial charge >= 0.3 is 0 Å². The van der Waals surface area contributed by atoms with Crippen LogP contribution >= 0.6 is 0 Å². The molecule has 1 heterocycles. The number of aryl methyl sites for hydroxylation is 1. The Labute approximate surface area is 94.6 Å². The zero-order chi connectivity index (χ0) is 11.7. The Kier molecular flexibility index (Phi) is 2.56. The lowest BCUT2D eigenvalue weighted by Gasteiger charge is -2.16. The number of hydrogen-bond acceptors (Lipinski definition) is 4. The van der Waals surface area contributed by atoms with Gasteiger partial charge in [0.2, 0.25) is 5.88 Å². The van der Waals surface area contributed by atoms with Gasteiger partial charge in [-0.3, -0.25) is 0 Å². The first-order chi connectivity index (χ1) is 7.58. The minimum Gasteiger partial charge on any atom is -0.377 e. The van der Waals surface area contributed by atoms with Gasteiger partial charge in [-0.2, -0.15) is 0 Å². The molecule has 0 saturated carbocycles. The van der Waals surface area contributed by atoms with Crippen molar-refractivity contribution in [2.24, 2.45) is 0 Å². The molecule has 4 nitrogen and oxygen atoms in total. The van der Waals surface area contributed by atoms with E-state index in [1.54, 1.807) is 6.07 Å². The Morgan fingerprint density at radius 2 is 2.00 bits per heavy atom. The predicted molar refractivity (Wildman–Crippen MR) is 65.4 cm³/mol. The maximum Gasteiger partial charge on any atom is 0.222 e. The zero-order valence-corrected chi connectivity index (χ0v) is 9.69. The van der Waals surface area contributed by atoms with E-state index in [9.17, 15) is 0 Å². The van der Waals surface area contributed by atoms with Crippen molar-refractivity contribution in [3.8, 4) is 11.3 Å². The third-order valence-corrected chi connectivity index (χ3v) is 2.52. The van der Waals surface area contributed by atoms with Crippen molar-refractivity contribution in [2.45, 2.75) is 6.92 Å². The highest BCUT2D eigenvalue weighted by molar-refractivity contribution is 5.68. The SMILES string of the molecule is Cc1ccc(-c2cc(N)on2)cc1N(C)C. The maximum atomic E-state index is 5.50. The molecule has 0 atom stereocenters. The lowest BCUT2D eigenvalue weighted by Crippen LogP contribution is -2.10. The molecule has 2 aromatic rings. The third kappa shape index (κ3) is 1.86.